The van der Waals surface area contributed by atoms with Gasteiger partial charge in [0, 0.05) is 18.5 Å². The monoisotopic (exact) mass is 209 g/mol. The summed E-state index contributed by atoms with van der Waals surface area (Å²) in [7, 11) is 2.21. The molecule has 1 saturated carbocycles. The summed E-state index contributed by atoms with van der Waals surface area (Å²) < 4.78 is 0. The second-order valence-electron chi connectivity index (χ2n) is 7.10. The minimum Gasteiger partial charge on any atom is -0.305 e. The first kappa shape index (κ1) is 11.1. The van der Waals surface area contributed by atoms with Crippen LogP contribution in [-0.2, 0) is 4.79 Å². The average molecular weight is 209 g/mol. The summed E-state index contributed by atoms with van der Waals surface area (Å²) in [6, 6.07) is 0. The number of likely N-dealkylation sites (tertiary alicyclic amines) is 1. The van der Waals surface area contributed by atoms with E-state index in [9.17, 15) is 4.79 Å². The first-order valence-electron chi connectivity index (χ1n) is 5.93. The van der Waals surface area contributed by atoms with E-state index in [1.807, 2.05) is 0 Å². The Morgan fingerprint density at radius 1 is 1.00 bits per heavy atom. The van der Waals surface area contributed by atoms with Gasteiger partial charge in [-0.25, -0.2) is 0 Å². The molecule has 0 spiro atoms. The number of hydrogen-bond donors (Lipinski definition) is 0. The molecule has 2 aliphatic rings. The predicted molar refractivity (Wildman–Crippen MR) is 61.7 cm³/mol. The summed E-state index contributed by atoms with van der Waals surface area (Å²) in [6.07, 6.45) is 4.61. The normalized spacial score (nSPS) is 51.5. The van der Waals surface area contributed by atoms with Gasteiger partial charge in [0.25, 0.3) is 0 Å². The largest absolute Gasteiger partial charge is 0.305 e. The molecule has 2 heteroatoms. The van der Waals surface area contributed by atoms with Gasteiger partial charge in [-0.15, -0.1) is 0 Å². The molecule has 1 saturated heterocycles. The number of aldehydes is 1. The highest BCUT2D eigenvalue weighted by Gasteiger charge is 2.52. The minimum absolute atomic E-state index is 0.0803. The molecule has 2 nitrogen and oxygen atoms in total. The van der Waals surface area contributed by atoms with E-state index in [4.69, 9.17) is 0 Å². The first-order chi connectivity index (χ1) is 6.78. The molecule has 0 aromatic heterocycles. The first-order valence-corrected chi connectivity index (χ1v) is 5.93. The van der Waals surface area contributed by atoms with Gasteiger partial charge in [0.1, 0.15) is 6.29 Å². The molecule has 2 bridgehead atoms. The quantitative estimate of drug-likeness (QED) is 0.618. The lowest BCUT2D eigenvalue weighted by Gasteiger charge is -2.57. The van der Waals surface area contributed by atoms with Crippen molar-refractivity contribution in [1.29, 1.82) is 0 Å². The van der Waals surface area contributed by atoms with Gasteiger partial charge >= 0.3 is 0 Å². The lowest BCUT2D eigenvalue weighted by molar-refractivity contribution is -0.130. The van der Waals surface area contributed by atoms with E-state index in [-0.39, 0.29) is 5.41 Å². The number of fused-ring (bicyclic) bond motifs is 2. The molecule has 2 fully saturated rings. The Morgan fingerprint density at radius 2 is 1.47 bits per heavy atom. The fourth-order valence-corrected chi connectivity index (χ4v) is 4.83. The highest BCUT2D eigenvalue weighted by atomic mass is 16.1. The maximum Gasteiger partial charge on any atom is 0.125 e. The summed E-state index contributed by atoms with van der Waals surface area (Å²) in [6.45, 7) is 9.13. The molecule has 0 amide bonds. The van der Waals surface area contributed by atoms with Crippen molar-refractivity contribution in [2.45, 2.75) is 40.0 Å². The van der Waals surface area contributed by atoms with E-state index in [1.54, 1.807) is 0 Å². The van der Waals surface area contributed by atoms with Crippen LogP contribution in [0.1, 0.15) is 40.0 Å². The molecule has 1 unspecified atom stereocenters. The summed E-state index contributed by atoms with van der Waals surface area (Å²) >= 11 is 0. The second-order valence-corrected chi connectivity index (χ2v) is 7.10. The Morgan fingerprint density at radius 3 is 1.87 bits per heavy atom. The summed E-state index contributed by atoms with van der Waals surface area (Å²) in [5.74, 6) is 0. The average Bonchev–Trinajstić information content (AvgIpc) is 1.96. The van der Waals surface area contributed by atoms with Crippen LogP contribution in [0.25, 0.3) is 0 Å². The molecule has 3 atom stereocenters. The van der Waals surface area contributed by atoms with Crippen molar-refractivity contribution in [1.82, 2.24) is 4.90 Å². The van der Waals surface area contributed by atoms with Crippen LogP contribution in [0.5, 0.6) is 0 Å². The van der Waals surface area contributed by atoms with Gasteiger partial charge in [0.05, 0.1) is 0 Å². The third-order valence-corrected chi connectivity index (χ3v) is 4.10. The van der Waals surface area contributed by atoms with E-state index in [1.165, 1.54) is 12.7 Å². The van der Waals surface area contributed by atoms with Gasteiger partial charge in [0.15, 0.2) is 0 Å². The summed E-state index contributed by atoms with van der Waals surface area (Å²) in [4.78, 5) is 13.7. The Bertz CT molecular complexity index is 268. The molecule has 15 heavy (non-hydrogen) atoms. The summed E-state index contributed by atoms with van der Waals surface area (Å²) in [5.41, 5.74) is 0.605. The van der Waals surface area contributed by atoms with Crippen LogP contribution in [0, 0.1) is 16.2 Å². The lowest BCUT2D eigenvalue weighted by Crippen LogP contribution is -2.56. The number of rotatable bonds is 1. The van der Waals surface area contributed by atoms with E-state index in [0.717, 1.165) is 25.9 Å². The smallest absolute Gasteiger partial charge is 0.125 e. The SMILES string of the molecule is CN1C[C@@]2(C)CC(C)(C=O)C[C@@](C)(C1)C2. The van der Waals surface area contributed by atoms with Crippen molar-refractivity contribution in [2.75, 3.05) is 20.1 Å². The summed E-state index contributed by atoms with van der Waals surface area (Å²) in [5, 5.41) is 0. The zero-order valence-corrected chi connectivity index (χ0v) is 10.5. The molecule has 1 heterocycles. The molecule has 0 aromatic carbocycles. The van der Waals surface area contributed by atoms with Crippen molar-refractivity contribution in [3.05, 3.63) is 0 Å². The molecule has 0 N–H and O–H groups in total. The van der Waals surface area contributed by atoms with E-state index < -0.39 is 0 Å². The third kappa shape index (κ3) is 1.96. The fraction of sp³-hybridized carbons (Fsp3) is 0.923. The zero-order valence-electron chi connectivity index (χ0n) is 10.5. The maximum atomic E-state index is 11.3. The number of piperidine rings is 1. The van der Waals surface area contributed by atoms with Gasteiger partial charge in [-0.3, -0.25) is 0 Å². The fourth-order valence-electron chi connectivity index (χ4n) is 4.83. The van der Waals surface area contributed by atoms with E-state index in [2.05, 4.69) is 32.7 Å². The van der Waals surface area contributed by atoms with Crippen LogP contribution in [-0.4, -0.2) is 31.3 Å². The van der Waals surface area contributed by atoms with Gasteiger partial charge in [-0.05, 0) is 37.1 Å². The Hall–Kier alpha value is -0.370. The second kappa shape index (κ2) is 3.07. The Balaban J connectivity index is 2.31. The highest BCUT2D eigenvalue weighted by molar-refractivity contribution is 5.59. The topological polar surface area (TPSA) is 20.3 Å². The highest BCUT2D eigenvalue weighted by Crippen LogP contribution is 2.56. The van der Waals surface area contributed by atoms with Crippen molar-refractivity contribution in [3.8, 4) is 0 Å². The van der Waals surface area contributed by atoms with Crippen molar-refractivity contribution < 1.29 is 4.79 Å². The standard InChI is InChI=1S/C13H23NO/c1-11-5-12(2,9-14(4)8-11)7-13(3,6-11)10-15/h10H,5-9H2,1-4H3/t11-,12+,13?. The van der Waals surface area contributed by atoms with Crippen LogP contribution < -0.4 is 0 Å². The van der Waals surface area contributed by atoms with E-state index in [0.29, 0.717) is 10.8 Å². The number of carbonyl (C=O) groups excluding carboxylic acids is 1. The molecule has 2 rings (SSSR count). The van der Waals surface area contributed by atoms with Crippen LogP contribution in [0.2, 0.25) is 0 Å². The molecule has 1 aliphatic heterocycles. The van der Waals surface area contributed by atoms with Gasteiger partial charge in [0.2, 0.25) is 0 Å². The van der Waals surface area contributed by atoms with Gasteiger partial charge in [-0.2, -0.15) is 0 Å². The molecular formula is C13H23NO. The lowest BCUT2D eigenvalue weighted by atomic mass is 9.53. The molecular weight excluding hydrogens is 186 g/mol. The van der Waals surface area contributed by atoms with Gasteiger partial charge in [-0.1, -0.05) is 20.8 Å². The van der Waals surface area contributed by atoms with Gasteiger partial charge < -0.3 is 9.69 Å². The third-order valence-electron chi connectivity index (χ3n) is 4.10. The van der Waals surface area contributed by atoms with Crippen LogP contribution in [0.15, 0.2) is 0 Å². The van der Waals surface area contributed by atoms with Crippen LogP contribution in [0.4, 0.5) is 0 Å². The Labute approximate surface area is 93.0 Å². The predicted octanol–water partition coefficient (Wildman–Crippen LogP) is 2.33. The number of hydrogen-bond acceptors (Lipinski definition) is 2. The van der Waals surface area contributed by atoms with Crippen molar-refractivity contribution in [3.63, 3.8) is 0 Å². The molecule has 86 valence electrons. The van der Waals surface area contributed by atoms with E-state index >= 15 is 0 Å². The van der Waals surface area contributed by atoms with Crippen molar-refractivity contribution in [2.24, 2.45) is 16.2 Å². The number of carbonyl (C=O) groups is 1. The molecule has 1 aliphatic carbocycles. The maximum absolute atomic E-state index is 11.3. The van der Waals surface area contributed by atoms with Crippen LogP contribution >= 0.6 is 0 Å². The zero-order chi connectivity index (χ0) is 11.3. The number of nitrogens with zero attached hydrogens (tertiary/aromatic N) is 1. The molecule has 0 aromatic rings. The Kier molecular flexibility index (Phi) is 2.27. The molecule has 0 radical (unpaired) electrons. The van der Waals surface area contributed by atoms with Crippen molar-refractivity contribution >= 4 is 6.29 Å². The van der Waals surface area contributed by atoms with Crippen LogP contribution in [0.3, 0.4) is 0 Å². The minimum atomic E-state index is -0.0803.